The van der Waals surface area contributed by atoms with Gasteiger partial charge in [-0.2, -0.15) is 0 Å². The molecule has 0 atom stereocenters. The Morgan fingerprint density at radius 1 is 1.00 bits per heavy atom. The summed E-state index contributed by atoms with van der Waals surface area (Å²) < 4.78 is 26.0. The molecule has 5 nitrogen and oxygen atoms in total. The highest BCUT2D eigenvalue weighted by molar-refractivity contribution is 7.98. The molecule has 1 amide bonds. The molecule has 0 saturated heterocycles. The Kier molecular flexibility index (Phi) is 8.46. The van der Waals surface area contributed by atoms with Gasteiger partial charge in [-0.25, -0.2) is 8.42 Å². The molecule has 0 heterocycles. The Bertz CT molecular complexity index is 1200. The van der Waals surface area contributed by atoms with Gasteiger partial charge >= 0.3 is 0 Å². The summed E-state index contributed by atoms with van der Waals surface area (Å²) >= 11 is 7.53. The van der Waals surface area contributed by atoms with Gasteiger partial charge in [0.1, 0.15) is 6.54 Å². The molecular formula is C25H27ClN2O3S2. The fourth-order valence-corrected chi connectivity index (χ4v) is 5.13. The van der Waals surface area contributed by atoms with E-state index in [9.17, 15) is 13.2 Å². The molecule has 0 unspecified atom stereocenters. The summed E-state index contributed by atoms with van der Waals surface area (Å²) in [5, 5.41) is 3.56. The average molecular weight is 503 g/mol. The summed E-state index contributed by atoms with van der Waals surface area (Å²) in [6.45, 7) is 3.83. The van der Waals surface area contributed by atoms with Crippen molar-refractivity contribution >= 4 is 50.7 Å². The van der Waals surface area contributed by atoms with E-state index < -0.39 is 15.9 Å². The SMILES string of the molecule is CC(C)c1ccc(N(CC(=O)Nc2ccccc2SCc2ccc(Cl)cc2)S(C)(=O)=O)cc1. The van der Waals surface area contributed by atoms with Crippen LogP contribution in [-0.4, -0.2) is 27.1 Å². The van der Waals surface area contributed by atoms with Gasteiger partial charge in [-0.15, -0.1) is 11.8 Å². The van der Waals surface area contributed by atoms with Crippen LogP contribution < -0.4 is 9.62 Å². The number of anilines is 2. The second-order valence-corrected chi connectivity index (χ2v) is 11.3. The van der Waals surface area contributed by atoms with Gasteiger partial charge in [0.2, 0.25) is 15.9 Å². The molecule has 3 aromatic rings. The van der Waals surface area contributed by atoms with Crippen LogP contribution in [0.4, 0.5) is 11.4 Å². The summed E-state index contributed by atoms with van der Waals surface area (Å²) in [6, 6.07) is 22.3. The van der Waals surface area contributed by atoms with E-state index in [-0.39, 0.29) is 6.54 Å². The predicted octanol–water partition coefficient (Wildman–Crippen LogP) is 6.16. The van der Waals surface area contributed by atoms with Crippen molar-refractivity contribution in [1.82, 2.24) is 0 Å². The Morgan fingerprint density at radius 2 is 1.64 bits per heavy atom. The third-order valence-corrected chi connectivity index (χ3v) is 7.54. The molecule has 33 heavy (non-hydrogen) atoms. The second kappa shape index (κ2) is 11.1. The van der Waals surface area contributed by atoms with Crippen molar-refractivity contribution in [3.05, 3.63) is 88.9 Å². The number of hydrogen-bond donors (Lipinski definition) is 1. The molecule has 1 N–H and O–H groups in total. The fraction of sp³-hybridized carbons (Fsp3) is 0.240. The topological polar surface area (TPSA) is 66.5 Å². The van der Waals surface area contributed by atoms with Crippen LogP contribution in [0.15, 0.2) is 77.7 Å². The van der Waals surface area contributed by atoms with Crippen molar-refractivity contribution in [2.45, 2.75) is 30.4 Å². The summed E-state index contributed by atoms with van der Waals surface area (Å²) in [5.41, 5.74) is 3.31. The Labute approximate surface area is 205 Å². The van der Waals surface area contributed by atoms with E-state index in [1.54, 1.807) is 23.9 Å². The van der Waals surface area contributed by atoms with Crippen molar-refractivity contribution in [2.24, 2.45) is 0 Å². The predicted molar refractivity (Wildman–Crippen MR) is 139 cm³/mol. The lowest BCUT2D eigenvalue weighted by molar-refractivity contribution is -0.114. The van der Waals surface area contributed by atoms with E-state index in [0.717, 1.165) is 26.6 Å². The van der Waals surface area contributed by atoms with Gasteiger partial charge in [-0.1, -0.05) is 61.8 Å². The molecule has 0 aliphatic rings. The number of halogens is 1. The molecule has 3 aromatic carbocycles. The largest absolute Gasteiger partial charge is 0.323 e. The van der Waals surface area contributed by atoms with Crippen LogP contribution in [0.5, 0.6) is 0 Å². The number of sulfonamides is 1. The molecule has 0 aliphatic heterocycles. The Morgan fingerprint density at radius 3 is 2.24 bits per heavy atom. The highest BCUT2D eigenvalue weighted by Gasteiger charge is 2.21. The Hall–Kier alpha value is -2.48. The van der Waals surface area contributed by atoms with Gasteiger partial charge in [-0.05, 0) is 53.4 Å². The lowest BCUT2D eigenvalue weighted by Crippen LogP contribution is -2.37. The Balaban J connectivity index is 1.72. The van der Waals surface area contributed by atoms with Crippen molar-refractivity contribution < 1.29 is 13.2 Å². The number of rotatable bonds is 9. The van der Waals surface area contributed by atoms with Gasteiger partial charge in [0.25, 0.3) is 0 Å². The van der Waals surface area contributed by atoms with Crippen LogP contribution in [0.25, 0.3) is 0 Å². The monoisotopic (exact) mass is 502 g/mol. The number of carbonyl (C=O) groups is 1. The minimum atomic E-state index is -3.64. The number of carbonyl (C=O) groups excluding carboxylic acids is 1. The molecule has 0 radical (unpaired) electrons. The molecule has 0 aromatic heterocycles. The highest BCUT2D eigenvalue weighted by atomic mass is 35.5. The van der Waals surface area contributed by atoms with Crippen LogP contribution in [-0.2, 0) is 20.6 Å². The van der Waals surface area contributed by atoms with E-state index >= 15 is 0 Å². The van der Waals surface area contributed by atoms with Crippen LogP contribution in [0.3, 0.4) is 0 Å². The lowest BCUT2D eigenvalue weighted by Gasteiger charge is -2.22. The minimum Gasteiger partial charge on any atom is -0.323 e. The first-order chi connectivity index (χ1) is 15.6. The number of amides is 1. The summed E-state index contributed by atoms with van der Waals surface area (Å²) in [5.74, 6) is 0.630. The number of nitrogens with one attached hydrogen (secondary N) is 1. The summed E-state index contributed by atoms with van der Waals surface area (Å²) in [7, 11) is -3.64. The van der Waals surface area contributed by atoms with Gasteiger partial charge in [-0.3, -0.25) is 9.10 Å². The second-order valence-electron chi connectivity index (χ2n) is 7.98. The number of thioether (sulfide) groups is 1. The fourth-order valence-electron chi connectivity index (χ4n) is 3.18. The van der Waals surface area contributed by atoms with E-state index in [1.807, 2.05) is 60.7 Å². The van der Waals surface area contributed by atoms with Crippen molar-refractivity contribution in [3.63, 3.8) is 0 Å². The first kappa shape index (κ1) is 25.1. The van der Waals surface area contributed by atoms with Crippen molar-refractivity contribution in [3.8, 4) is 0 Å². The van der Waals surface area contributed by atoms with Crippen LogP contribution in [0.2, 0.25) is 5.02 Å². The molecule has 0 fully saturated rings. The number of hydrogen-bond acceptors (Lipinski definition) is 4. The van der Waals surface area contributed by atoms with Crippen LogP contribution >= 0.6 is 23.4 Å². The van der Waals surface area contributed by atoms with Gasteiger partial charge < -0.3 is 5.32 Å². The molecule has 0 bridgehead atoms. The summed E-state index contributed by atoms with van der Waals surface area (Å²) in [4.78, 5) is 13.7. The third kappa shape index (κ3) is 7.25. The average Bonchev–Trinajstić information content (AvgIpc) is 2.77. The van der Waals surface area contributed by atoms with E-state index in [1.165, 1.54) is 0 Å². The minimum absolute atomic E-state index is 0.309. The highest BCUT2D eigenvalue weighted by Crippen LogP contribution is 2.30. The number of nitrogens with zero attached hydrogens (tertiary/aromatic N) is 1. The molecular weight excluding hydrogens is 476 g/mol. The molecule has 174 valence electrons. The third-order valence-electron chi connectivity index (χ3n) is 5.00. The summed E-state index contributed by atoms with van der Waals surface area (Å²) in [6.07, 6.45) is 1.10. The smallest absolute Gasteiger partial charge is 0.245 e. The first-order valence-electron chi connectivity index (χ1n) is 10.5. The van der Waals surface area contributed by atoms with Gasteiger partial charge in [0, 0.05) is 15.7 Å². The maximum Gasteiger partial charge on any atom is 0.245 e. The molecule has 0 saturated carbocycles. The quantitative estimate of drug-likeness (QED) is 0.356. The molecule has 0 aliphatic carbocycles. The first-order valence-corrected chi connectivity index (χ1v) is 13.7. The number of benzene rings is 3. The zero-order valence-corrected chi connectivity index (χ0v) is 21.2. The van der Waals surface area contributed by atoms with Gasteiger partial charge in [0.05, 0.1) is 17.6 Å². The number of para-hydroxylation sites is 1. The maximum absolute atomic E-state index is 12.8. The lowest BCUT2D eigenvalue weighted by atomic mass is 10.0. The van der Waals surface area contributed by atoms with Gasteiger partial charge in [0.15, 0.2) is 0 Å². The van der Waals surface area contributed by atoms with Crippen molar-refractivity contribution in [2.75, 3.05) is 22.4 Å². The molecule has 8 heteroatoms. The normalized spacial score (nSPS) is 11.4. The maximum atomic E-state index is 12.8. The molecule has 0 spiro atoms. The standard InChI is InChI=1S/C25H27ClN2O3S2/c1-18(2)20-10-14-22(15-11-20)28(33(3,30)31)16-25(29)27-23-6-4-5-7-24(23)32-17-19-8-12-21(26)13-9-19/h4-15,18H,16-17H2,1-3H3,(H,27,29). The van der Waals surface area contributed by atoms with E-state index in [2.05, 4.69) is 19.2 Å². The van der Waals surface area contributed by atoms with E-state index in [0.29, 0.717) is 28.1 Å². The van der Waals surface area contributed by atoms with E-state index in [4.69, 9.17) is 11.6 Å². The van der Waals surface area contributed by atoms with Crippen molar-refractivity contribution in [1.29, 1.82) is 0 Å². The zero-order chi connectivity index (χ0) is 24.0. The van der Waals surface area contributed by atoms with Crippen LogP contribution in [0.1, 0.15) is 30.9 Å². The zero-order valence-electron chi connectivity index (χ0n) is 18.8. The molecule has 3 rings (SSSR count). The van der Waals surface area contributed by atoms with Crippen LogP contribution in [0, 0.1) is 0 Å².